The zero-order chi connectivity index (χ0) is 18.4. The molecule has 0 aliphatic heterocycles. The van der Waals surface area contributed by atoms with Crippen molar-refractivity contribution < 1.29 is 28.6 Å². The fourth-order valence-corrected chi connectivity index (χ4v) is 2.10. The molecule has 0 atom stereocenters. The SMILES string of the molecule is CCCC(=O)OCC(CC)(COC(=O)CCS)COC(=O)CCS. The normalized spacial score (nSPS) is 11.0. The van der Waals surface area contributed by atoms with Gasteiger partial charge in [-0.25, -0.2) is 0 Å². The van der Waals surface area contributed by atoms with Crippen molar-refractivity contribution in [2.75, 3.05) is 31.3 Å². The molecule has 0 saturated heterocycles. The van der Waals surface area contributed by atoms with Crippen LogP contribution in [0.15, 0.2) is 0 Å². The highest BCUT2D eigenvalue weighted by Crippen LogP contribution is 2.25. The van der Waals surface area contributed by atoms with Gasteiger partial charge in [-0.1, -0.05) is 13.8 Å². The van der Waals surface area contributed by atoms with Crippen molar-refractivity contribution in [1.82, 2.24) is 0 Å². The molecule has 24 heavy (non-hydrogen) atoms. The van der Waals surface area contributed by atoms with Crippen LogP contribution in [0.2, 0.25) is 0 Å². The number of thiol groups is 2. The molecule has 0 fully saturated rings. The second-order valence-corrected chi connectivity index (χ2v) is 6.43. The van der Waals surface area contributed by atoms with Crippen molar-refractivity contribution in [3.8, 4) is 0 Å². The van der Waals surface area contributed by atoms with Gasteiger partial charge in [0.25, 0.3) is 0 Å². The highest BCUT2D eigenvalue weighted by molar-refractivity contribution is 7.80. The van der Waals surface area contributed by atoms with Crippen molar-refractivity contribution in [3.05, 3.63) is 0 Å². The summed E-state index contributed by atoms with van der Waals surface area (Å²) in [7, 11) is 0. The fraction of sp³-hybridized carbons (Fsp3) is 0.812. The van der Waals surface area contributed by atoms with Crippen molar-refractivity contribution in [1.29, 1.82) is 0 Å². The van der Waals surface area contributed by atoms with E-state index in [2.05, 4.69) is 25.3 Å². The second kappa shape index (κ2) is 13.4. The van der Waals surface area contributed by atoms with Crippen LogP contribution in [-0.4, -0.2) is 49.2 Å². The van der Waals surface area contributed by atoms with Crippen LogP contribution >= 0.6 is 25.3 Å². The largest absolute Gasteiger partial charge is 0.465 e. The molecule has 0 spiro atoms. The average molecular weight is 381 g/mol. The summed E-state index contributed by atoms with van der Waals surface area (Å²) in [6.07, 6.45) is 1.91. The number of hydrogen-bond donors (Lipinski definition) is 2. The van der Waals surface area contributed by atoms with Crippen LogP contribution in [-0.2, 0) is 28.6 Å². The van der Waals surface area contributed by atoms with Gasteiger partial charge in [-0.05, 0) is 12.8 Å². The van der Waals surface area contributed by atoms with E-state index in [9.17, 15) is 14.4 Å². The number of rotatable bonds is 13. The number of carbonyl (C=O) groups excluding carboxylic acids is 3. The molecule has 0 aromatic rings. The van der Waals surface area contributed by atoms with Crippen molar-refractivity contribution in [2.24, 2.45) is 5.41 Å². The lowest BCUT2D eigenvalue weighted by molar-refractivity contribution is -0.162. The first-order chi connectivity index (χ1) is 11.4. The number of hydrogen-bond acceptors (Lipinski definition) is 8. The highest BCUT2D eigenvalue weighted by atomic mass is 32.1. The van der Waals surface area contributed by atoms with Gasteiger partial charge in [-0.3, -0.25) is 14.4 Å². The van der Waals surface area contributed by atoms with Gasteiger partial charge in [-0.15, -0.1) is 0 Å². The van der Waals surface area contributed by atoms with Crippen LogP contribution in [0.25, 0.3) is 0 Å². The van der Waals surface area contributed by atoms with Crippen molar-refractivity contribution in [3.63, 3.8) is 0 Å². The molecule has 140 valence electrons. The van der Waals surface area contributed by atoms with Crippen LogP contribution < -0.4 is 0 Å². The molecule has 0 rings (SSSR count). The maximum atomic E-state index is 11.6. The third-order valence-electron chi connectivity index (χ3n) is 3.45. The van der Waals surface area contributed by atoms with E-state index < -0.39 is 5.41 Å². The first kappa shape index (κ1) is 23.1. The summed E-state index contributed by atoms with van der Waals surface area (Å²) in [5, 5.41) is 0. The summed E-state index contributed by atoms with van der Waals surface area (Å²) >= 11 is 7.97. The lowest BCUT2D eigenvalue weighted by atomic mass is 9.88. The molecular formula is C16H28O6S2. The van der Waals surface area contributed by atoms with Gasteiger partial charge in [0, 0.05) is 17.9 Å². The zero-order valence-corrected chi connectivity index (χ0v) is 16.2. The van der Waals surface area contributed by atoms with E-state index in [1.165, 1.54) is 0 Å². The molecule has 0 aromatic carbocycles. The van der Waals surface area contributed by atoms with Gasteiger partial charge in [-0.2, -0.15) is 25.3 Å². The standard InChI is InChI=1S/C16H28O6S2/c1-3-5-13(17)20-10-16(4-2,11-21-14(18)6-8-23)12-22-15(19)7-9-24/h23-24H,3-12H2,1-2H3. The first-order valence-corrected chi connectivity index (χ1v) is 9.38. The Morgan fingerprint density at radius 3 is 1.42 bits per heavy atom. The maximum Gasteiger partial charge on any atom is 0.306 e. The number of carbonyl (C=O) groups is 3. The van der Waals surface area contributed by atoms with Gasteiger partial charge in [0.05, 0.1) is 18.3 Å². The van der Waals surface area contributed by atoms with Gasteiger partial charge < -0.3 is 14.2 Å². The Morgan fingerprint density at radius 2 is 1.12 bits per heavy atom. The molecular weight excluding hydrogens is 352 g/mol. The Bertz CT molecular complexity index is 345. The molecule has 6 nitrogen and oxygen atoms in total. The van der Waals surface area contributed by atoms with Crippen LogP contribution in [0.4, 0.5) is 0 Å². The Morgan fingerprint density at radius 1 is 0.750 bits per heavy atom. The molecule has 8 heteroatoms. The summed E-state index contributed by atoms with van der Waals surface area (Å²) in [4.78, 5) is 34.8. The van der Waals surface area contributed by atoms with Crippen molar-refractivity contribution >= 4 is 43.2 Å². The number of ether oxygens (including phenoxy) is 3. The van der Waals surface area contributed by atoms with Gasteiger partial charge in [0.1, 0.15) is 19.8 Å². The lowest BCUT2D eigenvalue weighted by Crippen LogP contribution is -2.39. The summed E-state index contributed by atoms with van der Waals surface area (Å²) < 4.78 is 15.7. The molecule has 0 saturated carbocycles. The molecule has 0 aliphatic rings. The van der Waals surface area contributed by atoms with E-state index in [0.29, 0.717) is 30.8 Å². The summed E-state index contributed by atoms with van der Waals surface area (Å²) in [6.45, 7) is 3.82. The molecule has 0 bridgehead atoms. The Balaban J connectivity index is 4.81. The minimum absolute atomic E-state index is 0.0175. The van der Waals surface area contributed by atoms with E-state index >= 15 is 0 Å². The highest BCUT2D eigenvalue weighted by Gasteiger charge is 2.34. The van der Waals surface area contributed by atoms with Crippen LogP contribution in [0.5, 0.6) is 0 Å². The predicted octanol–water partition coefficient (Wildman–Crippen LogP) is 2.45. The molecule has 0 heterocycles. The summed E-state index contributed by atoms with van der Waals surface area (Å²) in [5.74, 6) is -0.312. The van der Waals surface area contributed by atoms with E-state index in [1.807, 2.05) is 13.8 Å². The summed E-state index contributed by atoms with van der Waals surface area (Å²) in [6, 6.07) is 0. The minimum atomic E-state index is -0.748. The average Bonchev–Trinajstić information content (AvgIpc) is 2.55. The topological polar surface area (TPSA) is 78.9 Å². The Labute approximate surface area is 154 Å². The molecule has 0 aromatic heterocycles. The Kier molecular flexibility index (Phi) is 12.9. The third-order valence-corrected chi connectivity index (χ3v) is 3.90. The minimum Gasteiger partial charge on any atom is -0.465 e. The monoisotopic (exact) mass is 380 g/mol. The van der Waals surface area contributed by atoms with Crippen LogP contribution in [0, 0.1) is 5.41 Å². The van der Waals surface area contributed by atoms with Crippen molar-refractivity contribution in [2.45, 2.75) is 46.0 Å². The Hall–Kier alpha value is -0.890. The fourth-order valence-electron chi connectivity index (χ4n) is 1.74. The molecule has 0 radical (unpaired) electrons. The maximum absolute atomic E-state index is 11.6. The third kappa shape index (κ3) is 10.1. The van der Waals surface area contributed by atoms with Crippen LogP contribution in [0.3, 0.4) is 0 Å². The summed E-state index contributed by atoms with van der Waals surface area (Å²) in [5.41, 5.74) is -0.748. The van der Waals surface area contributed by atoms with Gasteiger partial charge >= 0.3 is 17.9 Å². The quantitative estimate of drug-likeness (QED) is 0.290. The molecule has 0 amide bonds. The predicted molar refractivity (Wildman–Crippen MR) is 97.4 cm³/mol. The smallest absolute Gasteiger partial charge is 0.306 e. The van der Waals surface area contributed by atoms with E-state index in [0.717, 1.165) is 0 Å². The van der Waals surface area contributed by atoms with E-state index in [4.69, 9.17) is 14.2 Å². The second-order valence-electron chi connectivity index (χ2n) is 5.53. The van der Waals surface area contributed by atoms with Gasteiger partial charge in [0.15, 0.2) is 0 Å². The van der Waals surface area contributed by atoms with Crippen LogP contribution in [0.1, 0.15) is 46.0 Å². The zero-order valence-electron chi connectivity index (χ0n) is 14.4. The van der Waals surface area contributed by atoms with Gasteiger partial charge in [0.2, 0.25) is 0 Å². The molecule has 0 N–H and O–H groups in total. The van der Waals surface area contributed by atoms with E-state index in [1.54, 1.807) is 0 Å². The molecule has 0 unspecified atom stereocenters. The number of esters is 3. The van der Waals surface area contributed by atoms with E-state index in [-0.39, 0.29) is 50.6 Å². The molecule has 0 aliphatic carbocycles. The lowest BCUT2D eigenvalue weighted by Gasteiger charge is -2.31. The first-order valence-electron chi connectivity index (χ1n) is 8.11.